The summed E-state index contributed by atoms with van der Waals surface area (Å²) < 4.78 is 1.68. The molecule has 1 saturated carbocycles. The summed E-state index contributed by atoms with van der Waals surface area (Å²) in [7, 11) is 0. The van der Waals surface area contributed by atoms with Gasteiger partial charge in [0.15, 0.2) is 0 Å². The third-order valence-corrected chi connectivity index (χ3v) is 3.77. The molecule has 0 saturated heterocycles. The van der Waals surface area contributed by atoms with Gasteiger partial charge in [-0.1, -0.05) is 20.3 Å². The van der Waals surface area contributed by atoms with Gasteiger partial charge in [-0.15, -0.1) is 0 Å². The molecule has 1 heterocycles. The van der Waals surface area contributed by atoms with Crippen molar-refractivity contribution in [3.05, 3.63) is 12.4 Å². The molecule has 1 aromatic rings. The summed E-state index contributed by atoms with van der Waals surface area (Å²) in [5.74, 6) is 0.661. The van der Waals surface area contributed by atoms with Crippen LogP contribution in [0, 0.1) is 5.92 Å². The van der Waals surface area contributed by atoms with Gasteiger partial charge < -0.3 is 10.6 Å². The van der Waals surface area contributed by atoms with E-state index in [0.29, 0.717) is 24.5 Å². The minimum atomic E-state index is 0.0483. The lowest BCUT2D eigenvalue weighted by Gasteiger charge is -2.19. The Kier molecular flexibility index (Phi) is 4.45. The van der Waals surface area contributed by atoms with Crippen LogP contribution in [0.4, 0.5) is 5.69 Å². The molecule has 2 N–H and O–H groups in total. The molecule has 0 bridgehead atoms. The highest BCUT2D eigenvalue weighted by Gasteiger charge is 2.23. The van der Waals surface area contributed by atoms with E-state index in [1.807, 2.05) is 6.20 Å². The second-order valence-corrected chi connectivity index (χ2v) is 5.59. The molecule has 2 unspecified atom stereocenters. The summed E-state index contributed by atoms with van der Waals surface area (Å²) in [6.07, 6.45) is 7.05. The fourth-order valence-corrected chi connectivity index (χ4v) is 1.93. The van der Waals surface area contributed by atoms with Crippen molar-refractivity contribution in [2.24, 2.45) is 5.92 Å². The number of rotatable bonds is 7. The average Bonchev–Trinajstić information content (AvgIpc) is 3.08. The van der Waals surface area contributed by atoms with Crippen LogP contribution in [0.1, 0.15) is 40.0 Å². The lowest BCUT2D eigenvalue weighted by molar-refractivity contribution is -0.122. The molecule has 0 aromatic carbocycles. The lowest BCUT2D eigenvalue weighted by atomic mass is 10.0. The molecule has 0 spiro atoms. The van der Waals surface area contributed by atoms with Gasteiger partial charge in [0.1, 0.15) is 6.54 Å². The number of hydrogen-bond donors (Lipinski definition) is 2. The summed E-state index contributed by atoms with van der Waals surface area (Å²) in [5, 5.41) is 10.6. The number of carbonyl (C=O) groups excluding carboxylic acids is 1. The molecule has 0 radical (unpaired) electrons. The first kappa shape index (κ1) is 13.9. The Balaban J connectivity index is 1.82. The second kappa shape index (κ2) is 6.08. The standard InChI is InChI=1S/C14H24N4O/c1-4-10(2)11(3)16-13-7-15-18(8-13)9-14(19)17-12-5-6-12/h7-8,10-12,16H,4-6,9H2,1-3H3,(H,17,19). The zero-order valence-electron chi connectivity index (χ0n) is 12.0. The molecule has 19 heavy (non-hydrogen) atoms. The van der Waals surface area contributed by atoms with E-state index >= 15 is 0 Å². The summed E-state index contributed by atoms with van der Waals surface area (Å²) in [6.45, 7) is 6.89. The Hall–Kier alpha value is -1.52. The van der Waals surface area contributed by atoms with Crippen LogP contribution in [0.2, 0.25) is 0 Å². The zero-order chi connectivity index (χ0) is 13.8. The minimum Gasteiger partial charge on any atom is -0.380 e. The molecule has 1 aliphatic carbocycles. The summed E-state index contributed by atoms with van der Waals surface area (Å²) in [5.41, 5.74) is 0.979. The Bertz CT molecular complexity index is 425. The van der Waals surface area contributed by atoms with Crippen LogP contribution in [0.25, 0.3) is 0 Å². The second-order valence-electron chi connectivity index (χ2n) is 5.59. The maximum atomic E-state index is 11.7. The van der Waals surface area contributed by atoms with Gasteiger partial charge in [0.25, 0.3) is 0 Å². The molecule has 1 amide bonds. The molecule has 106 valence electrons. The molecular formula is C14H24N4O. The maximum absolute atomic E-state index is 11.7. The molecule has 1 aromatic heterocycles. The van der Waals surface area contributed by atoms with Gasteiger partial charge in [0.05, 0.1) is 11.9 Å². The number of nitrogens with zero attached hydrogens (tertiary/aromatic N) is 2. The van der Waals surface area contributed by atoms with Gasteiger partial charge in [0.2, 0.25) is 5.91 Å². The highest BCUT2D eigenvalue weighted by Crippen LogP contribution is 2.18. The molecule has 0 aliphatic heterocycles. The van der Waals surface area contributed by atoms with Gasteiger partial charge in [-0.2, -0.15) is 5.10 Å². The number of aromatic nitrogens is 2. The van der Waals surface area contributed by atoms with Crippen LogP contribution in [0.5, 0.6) is 0 Å². The maximum Gasteiger partial charge on any atom is 0.241 e. The van der Waals surface area contributed by atoms with Crippen molar-refractivity contribution in [3.63, 3.8) is 0 Å². The number of anilines is 1. The van der Waals surface area contributed by atoms with Gasteiger partial charge in [-0.05, 0) is 25.7 Å². The number of hydrogen-bond acceptors (Lipinski definition) is 3. The van der Waals surface area contributed by atoms with Crippen LogP contribution >= 0.6 is 0 Å². The van der Waals surface area contributed by atoms with Crippen LogP contribution in [0.3, 0.4) is 0 Å². The molecular weight excluding hydrogens is 240 g/mol. The number of amides is 1. The Labute approximate surface area is 114 Å². The predicted octanol–water partition coefficient (Wildman–Crippen LogP) is 2.01. The minimum absolute atomic E-state index is 0.0483. The first-order chi connectivity index (χ1) is 9.08. The van der Waals surface area contributed by atoms with E-state index in [2.05, 4.69) is 36.5 Å². The van der Waals surface area contributed by atoms with Crippen molar-refractivity contribution in [2.75, 3.05) is 5.32 Å². The van der Waals surface area contributed by atoms with Crippen LogP contribution in [-0.4, -0.2) is 27.8 Å². The van der Waals surface area contributed by atoms with E-state index in [-0.39, 0.29) is 5.91 Å². The average molecular weight is 264 g/mol. The Morgan fingerprint density at radius 1 is 1.53 bits per heavy atom. The van der Waals surface area contributed by atoms with E-state index in [9.17, 15) is 4.79 Å². The van der Waals surface area contributed by atoms with Crippen molar-refractivity contribution in [2.45, 2.75) is 58.7 Å². The zero-order valence-corrected chi connectivity index (χ0v) is 12.0. The lowest BCUT2D eigenvalue weighted by Crippen LogP contribution is -2.29. The smallest absolute Gasteiger partial charge is 0.241 e. The normalized spacial score (nSPS) is 17.8. The summed E-state index contributed by atoms with van der Waals surface area (Å²) in [6, 6.07) is 0.814. The van der Waals surface area contributed by atoms with Crippen LogP contribution < -0.4 is 10.6 Å². The molecule has 1 fully saturated rings. The monoisotopic (exact) mass is 264 g/mol. The molecule has 2 atom stereocenters. The largest absolute Gasteiger partial charge is 0.380 e. The van der Waals surface area contributed by atoms with E-state index in [4.69, 9.17) is 0 Å². The summed E-state index contributed by atoms with van der Waals surface area (Å²) >= 11 is 0. The van der Waals surface area contributed by atoms with Crippen molar-refractivity contribution < 1.29 is 4.79 Å². The summed E-state index contributed by atoms with van der Waals surface area (Å²) in [4.78, 5) is 11.7. The quantitative estimate of drug-likeness (QED) is 0.792. The molecule has 5 nitrogen and oxygen atoms in total. The SMILES string of the molecule is CCC(C)C(C)Nc1cnn(CC(=O)NC2CC2)c1. The van der Waals surface area contributed by atoms with Crippen LogP contribution in [-0.2, 0) is 11.3 Å². The van der Waals surface area contributed by atoms with Crippen molar-refractivity contribution in [1.29, 1.82) is 0 Å². The van der Waals surface area contributed by atoms with E-state index in [1.54, 1.807) is 10.9 Å². The first-order valence-corrected chi connectivity index (χ1v) is 7.16. The van der Waals surface area contributed by atoms with Crippen molar-refractivity contribution >= 4 is 11.6 Å². The first-order valence-electron chi connectivity index (χ1n) is 7.16. The van der Waals surface area contributed by atoms with E-state index < -0.39 is 0 Å². The number of nitrogens with one attached hydrogen (secondary N) is 2. The Morgan fingerprint density at radius 3 is 2.89 bits per heavy atom. The van der Waals surface area contributed by atoms with Crippen molar-refractivity contribution in [1.82, 2.24) is 15.1 Å². The molecule has 5 heteroatoms. The predicted molar refractivity (Wildman–Crippen MR) is 75.9 cm³/mol. The third-order valence-electron chi connectivity index (χ3n) is 3.77. The van der Waals surface area contributed by atoms with E-state index in [1.165, 1.54) is 0 Å². The highest BCUT2D eigenvalue weighted by atomic mass is 16.2. The fourth-order valence-electron chi connectivity index (χ4n) is 1.93. The highest BCUT2D eigenvalue weighted by molar-refractivity contribution is 5.76. The van der Waals surface area contributed by atoms with Crippen LogP contribution in [0.15, 0.2) is 12.4 Å². The third kappa shape index (κ3) is 4.26. The van der Waals surface area contributed by atoms with Gasteiger partial charge in [0, 0.05) is 18.3 Å². The number of carbonyl (C=O) groups is 1. The fraction of sp³-hybridized carbons (Fsp3) is 0.714. The topological polar surface area (TPSA) is 59.0 Å². The van der Waals surface area contributed by atoms with Gasteiger partial charge >= 0.3 is 0 Å². The molecule has 1 aliphatic rings. The van der Waals surface area contributed by atoms with E-state index in [0.717, 1.165) is 24.9 Å². The van der Waals surface area contributed by atoms with Gasteiger partial charge in [-0.3, -0.25) is 9.48 Å². The van der Waals surface area contributed by atoms with Gasteiger partial charge in [-0.25, -0.2) is 0 Å². The van der Waals surface area contributed by atoms with Crippen molar-refractivity contribution in [3.8, 4) is 0 Å². The Morgan fingerprint density at radius 2 is 2.26 bits per heavy atom. The molecule has 2 rings (SSSR count).